The van der Waals surface area contributed by atoms with Crippen molar-refractivity contribution in [2.45, 2.75) is 25.3 Å². The van der Waals surface area contributed by atoms with Crippen LogP contribution in [0.3, 0.4) is 0 Å². The van der Waals surface area contributed by atoms with Crippen LogP contribution in [0.25, 0.3) is 0 Å². The Hall–Kier alpha value is -1.26. The molecule has 1 aliphatic carbocycles. The van der Waals surface area contributed by atoms with E-state index in [-0.39, 0.29) is 12.1 Å². The Bertz CT molecular complexity index is 400. The first-order valence-electron chi connectivity index (χ1n) is 6.89. The Morgan fingerprint density at radius 3 is 2.53 bits per heavy atom. The molecule has 4 nitrogen and oxygen atoms in total. The normalized spacial score (nSPS) is 17.8. The zero-order valence-corrected chi connectivity index (χ0v) is 11.7. The largest absolute Gasteiger partial charge is 0.494 e. The first-order chi connectivity index (χ1) is 9.24. The highest BCUT2D eigenvalue weighted by atomic mass is 16.5. The van der Waals surface area contributed by atoms with Gasteiger partial charge in [-0.3, -0.25) is 0 Å². The highest BCUT2D eigenvalue weighted by Gasteiger charge is 2.44. The first kappa shape index (κ1) is 14.2. The molecule has 106 valence electrons. The molecule has 0 aromatic heterocycles. The topological polar surface area (TPSA) is 50.7 Å². The van der Waals surface area contributed by atoms with Crippen molar-refractivity contribution in [3.8, 4) is 11.5 Å². The summed E-state index contributed by atoms with van der Waals surface area (Å²) >= 11 is 0. The highest BCUT2D eigenvalue weighted by molar-refractivity contribution is 5.33. The zero-order chi connectivity index (χ0) is 13.7. The van der Waals surface area contributed by atoms with E-state index in [1.807, 2.05) is 38.2 Å². The second-order valence-corrected chi connectivity index (χ2v) is 5.04. The van der Waals surface area contributed by atoms with Crippen LogP contribution in [0.1, 0.15) is 19.8 Å². The van der Waals surface area contributed by atoms with Gasteiger partial charge in [0.2, 0.25) is 0 Å². The minimum Gasteiger partial charge on any atom is -0.494 e. The van der Waals surface area contributed by atoms with E-state index < -0.39 is 0 Å². The van der Waals surface area contributed by atoms with Crippen molar-refractivity contribution in [3.63, 3.8) is 0 Å². The van der Waals surface area contributed by atoms with Crippen LogP contribution in [0, 0.1) is 5.92 Å². The number of aliphatic hydroxyl groups is 1. The van der Waals surface area contributed by atoms with Gasteiger partial charge in [0.15, 0.2) is 0 Å². The van der Waals surface area contributed by atoms with E-state index in [4.69, 9.17) is 9.47 Å². The molecule has 1 unspecified atom stereocenters. The lowest BCUT2D eigenvalue weighted by Gasteiger charge is -2.31. The monoisotopic (exact) mass is 265 g/mol. The van der Waals surface area contributed by atoms with E-state index in [0.717, 1.165) is 24.3 Å². The van der Waals surface area contributed by atoms with E-state index in [9.17, 15) is 5.11 Å². The third kappa shape index (κ3) is 3.39. The first-order valence-corrected chi connectivity index (χ1v) is 6.89. The summed E-state index contributed by atoms with van der Waals surface area (Å²) in [5.74, 6) is 2.10. The number of ether oxygens (including phenoxy) is 2. The summed E-state index contributed by atoms with van der Waals surface area (Å²) < 4.78 is 11.3. The molecule has 2 rings (SSSR count). The fourth-order valence-electron chi connectivity index (χ4n) is 2.32. The minimum atomic E-state index is -0.318. The molecule has 2 N–H and O–H groups in total. The SMILES string of the molecule is CCOc1cccc(OCC(CO)(NC)C2CC2)c1. The molecule has 0 amide bonds. The molecular formula is C15H23NO3. The lowest BCUT2D eigenvalue weighted by atomic mass is 9.95. The molecule has 4 heteroatoms. The summed E-state index contributed by atoms with van der Waals surface area (Å²) in [5.41, 5.74) is -0.318. The molecular weight excluding hydrogens is 242 g/mol. The van der Waals surface area contributed by atoms with Gasteiger partial charge in [-0.05, 0) is 44.9 Å². The molecule has 1 aromatic carbocycles. The summed E-state index contributed by atoms with van der Waals surface area (Å²) in [6.45, 7) is 3.17. The number of hydrogen-bond acceptors (Lipinski definition) is 4. The van der Waals surface area contributed by atoms with Crippen LogP contribution in [-0.2, 0) is 0 Å². The molecule has 0 heterocycles. The fraction of sp³-hybridized carbons (Fsp3) is 0.600. The van der Waals surface area contributed by atoms with Gasteiger partial charge < -0.3 is 19.9 Å². The van der Waals surface area contributed by atoms with Crippen molar-refractivity contribution in [1.82, 2.24) is 5.32 Å². The predicted molar refractivity (Wildman–Crippen MR) is 74.7 cm³/mol. The summed E-state index contributed by atoms with van der Waals surface area (Å²) in [6.07, 6.45) is 2.31. The van der Waals surface area contributed by atoms with E-state index in [2.05, 4.69) is 5.32 Å². The lowest BCUT2D eigenvalue weighted by Crippen LogP contribution is -2.53. The number of benzene rings is 1. The van der Waals surface area contributed by atoms with Crippen LogP contribution < -0.4 is 14.8 Å². The highest BCUT2D eigenvalue weighted by Crippen LogP contribution is 2.39. The van der Waals surface area contributed by atoms with Crippen molar-refractivity contribution in [1.29, 1.82) is 0 Å². The molecule has 1 aromatic rings. The van der Waals surface area contributed by atoms with Crippen LogP contribution in [-0.4, -0.2) is 37.5 Å². The molecule has 0 bridgehead atoms. The van der Waals surface area contributed by atoms with E-state index >= 15 is 0 Å². The van der Waals surface area contributed by atoms with E-state index in [1.165, 1.54) is 0 Å². The van der Waals surface area contributed by atoms with Crippen molar-refractivity contribution >= 4 is 0 Å². The van der Waals surface area contributed by atoms with E-state index in [0.29, 0.717) is 19.1 Å². The molecule has 1 atom stereocenters. The van der Waals surface area contributed by atoms with Gasteiger partial charge in [-0.1, -0.05) is 6.07 Å². The molecule has 0 radical (unpaired) electrons. The second-order valence-electron chi connectivity index (χ2n) is 5.04. The fourth-order valence-corrected chi connectivity index (χ4v) is 2.32. The van der Waals surface area contributed by atoms with Crippen LogP contribution in [0.4, 0.5) is 0 Å². The smallest absolute Gasteiger partial charge is 0.123 e. The van der Waals surface area contributed by atoms with Gasteiger partial charge in [-0.15, -0.1) is 0 Å². The number of nitrogens with one attached hydrogen (secondary N) is 1. The van der Waals surface area contributed by atoms with Gasteiger partial charge in [0.1, 0.15) is 18.1 Å². The molecule has 0 saturated heterocycles. The average molecular weight is 265 g/mol. The summed E-state index contributed by atoms with van der Waals surface area (Å²) in [7, 11) is 1.88. The molecule has 0 aliphatic heterocycles. The molecule has 0 spiro atoms. The van der Waals surface area contributed by atoms with Crippen LogP contribution >= 0.6 is 0 Å². The van der Waals surface area contributed by atoms with Crippen molar-refractivity contribution in [2.24, 2.45) is 5.92 Å². The van der Waals surface area contributed by atoms with Gasteiger partial charge in [0, 0.05) is 6.07 Å². The Morgan fingerprint density at radius 1 is 1.32 bits per heavy atom. The molecule has 1 fully saturated rings. The minimum absolute atomic E-state index is 0.0965. The van der Waals surface area contributed by atoms with Gasteiger partial charge in [0.25, 0.3) is 0 Å². The maximum Gasteiger partial charge on any atom is 0.123 e. The van der Waals surface area contributed by atoms with Crippen molar-refractivity contribution < 1.29 is 14.6 Å². The second kappa shape index (κ2) is 6.26. The number of hydrogen-bond donors (Lipinski definition) is 2. The number of rotatable bonds is 8. The van der Waals surface area contributed by atoms with Gasteiger partial charge in [-0.25, -0.2) is 0 Å². The quantitative estimate of drug-likeness (QED) is 0.753. The maximum atomic E-state index is 9.64. The lowest BCUT2D eigenvalue weighted by molar-refractivity contribution is 0.0913. The summed E-state index contributed by atoms with van der Waals surface area (Å²) in [5, 5.41) is 12.9. The van der Waals surface area contributed by atoms with E-state index in [1.54, 1.807) is 0 Å². The van der Waals surface area contributed by atoms with Gasteiger partial charge >= 0.3 is 0 Å². The summed E-state index contributed by atoms with van der Waals surface area (Å²) in [6, 6.07) is 7.62. The Kier molecular flexibility index (Phi) is 4.66. The van der Waals surface area contributed by atoms with Crippen molar-refractivity contribution in [2.75, 3.05) is 26.9 Å². The van der Waals surface area contributed by atoms with Gasteiger partial charge in [-0.2, -0.15) is 0 Å². The third-order valence-electron chi connectivity index (χ3n) is 3.75. The third-order valence-corrected chi connectivity index (χ3v) is 3.75. The van der Waals surface area contributed by atoms with Crippen molar-refractivity contribution in [3.05, 3.63) is 24.3 Å². The maximum absolute atomic E-state index is 9.64. The van der Waals surface area contributed by atoms with Crippen LogP contribution in [0.2, 0.25) is 0 Å². The van der Waals surface area contributed by atoms with Gasteiger partial charge in [0.05, 0.1) is 18.8 Å². The Labute approximate surface area is 114 Å². The number of likely N-dealkylation sites (N-methyl/N-ethyl adjacent to an activating group) is 1. The zero-order valence-electron chi connectivity index (χ0n) is 11.7. The standard InChI is InChI=1S/C15H23NO3/c1-3-18-13-5-4-6-14(9-13)19-11-15(10-17,16-2)12-7-8-12/h4-6,9,12,16-17H,3,7-8,10-11H2,1-2H3. The Balaban J connectivity index is 1.98. The molecule has 1 aliphatic rings. The Morgan fingerprint density at radius 2 is 2.00 bits per heavy atom. The number of aliphatic hydroxyl groups excluding tert-OH is 1. The van der Waals surface area contributed by atoms with Crippen LogP contribution in [0.15, 0.2) is 24.3 Å². The average Bonchev–Trinajstić information content (AvgIpc) is 3.27. The predicted octanol–water partition coefficient (Wildman–Crippen LogP) is 1.82. The van der Waals surface area contributed by atoms with Crippen LogP contribution in [0.5, 0.6) is 11.5 Å². The molecule has 1 saturated carbocycles. The molecule has 19 heavy (non-hydrogen) atoms. The summed E-state index contributed by atoms with van der Waals surface area (Å²) in [4.78, 5) is 0.